The van der Waals surface area contributed by atoms with Crippen molar-refractivity contribution in [3.8, 4) is 5.75 Å². The summed E-state index contributed by atoms with van der Waals surface area (Å²) in [6.07, 6.45) is 1.79. The van der Waals surface area contributed by atoms with Gasteiger partial charge in [0.1, 0.15) is 5.75 Å². The lowest BCUT2D eigenvalue weighted by atomic mass is 10.2. The van der Waals surface area contributed by atoms with E-state index in [0.717, 1.165) is 11.3 Å². The van der Waals surface area contributed by atoms with E-state index in [-0.39, 0.29) is 6.79 Å². The average molecular weight is 208 g/mol. The van der Waals surface area contributed by atoms with Gasteiger partial charge in [-0.2, -0.15) is 0 Å². The molecule has 1 rings (SSSR count). The standard InChI is InChI=1S/C12H16O3/c1-3-11-4-6-12(7-5-11)15-10-14-9-8-13-2/h3-7H,1,8-10H2,2H3. The smallest absolute Gasteiger partial charge is 0.189 e. The van der Waals surface area contributed by atoms with Gasteiger partial charge in [0.2, 0.25) is 0 Å². The molecule has 0 saturated carbocycles. The summed E-state index contributed by atoms with van der Waals surface area (Å²) in [7, 11) is 1.64. The van der Waals surface area contributed by atoms with E-state index < -0.39 is 0 Å². The Balaban J connectivity index is 2.22. The van der Waals surface area contributed by atoms with Gasteiger partial charge in [0.05, 0.1) is 13.2 Å². The van der Waals surface area contributed by atoms with Gasteiger partial charge in [0.15, 0.2) is 6.79 Å². The molecule has 0 saturated heterocycles. The largest absolute Gasteiger partial charge is 0.468 e. The zero-order valence-electron chi connectivity index (χ0n) is 8.94. The number of ether oxygens (including phenoxy) is 3. The number of rotatable bonds is 7. The SMILES string of the molecule is C=Cc1ccc(OCOCCOC)cc1. The summed E-state index contributed by atoms with van der Waals surface area (Å²) in [6, 6.07) is 7.66. The van der Waals surface area contributed by atoms with Crippen LogP contribution in [0, 0.1) is 0 Å². The van der Waals surface area contributed by atoms with Gasteiger partial charge < -0.3 is 14.2 Å². The highest BCUT2D eigenvalue weighted by atomic mass is 16.7. The minimum Gasteiger partial charge on any atom is -0.468 e. The number of benzene rings is 1. The molecular formula is C12H16O3. The molecule has 1 aromatic rings. The van der Waals surface area contributed by atoms with E-state index in [2.05, 4.69) is 6.58 Å². The van der Waals surface area contributed by atoms with Crippen LogP contribution in [0.3, 0.4) is 0 Å². The monoisotopic (exact) mass is 208 g/mol. The van der Waals surface area contributed by atoms with Crippen LogP contribution in [-0.4, -0.2) is 27.1 Å². The lowest BCUT2D eigenvalue weighted by Gasteiger charge is -2.06. The molecule has 0 bridgehead atoms. The maximum absolute atomic E-state index is 5.34. The quantitative estimate of drug-likeness (QED) is 0.508. The first-order valence-electron chi connectivity index (χ1n) is 4.79. The van der Waals surface area contributed by atoms with Gasteiger partial charge in [-0.25, -0.2) is 0 Å². The van der Waals surface area contributed by atoms with E-state index in [0.29, 0.717) is 13.2 Å². The molecule has 82 valence electrons. The highest BCUT2D eigenvalue weighted by Crippen LogP contribution is 2.12. The van der Waals surface area contributed by atoms with Crippen molar-refractivity contribution in [1.82, 2.24) is 0 Å². The van der Waals surface area contributed by atoms with Gasteiger partial charge in [0, 0.05) is 7.11 Å². The fourth-order valence-corrected chi connectivity index (χ4v) is 1.01. The third-order valence-electron chi connectivity index (χ3n) is 1.86. The van der Waals surface area contributed by atoms with Crippen molar-refractivity contribution >= 4 is 6.08 Å². The maximum atomic E-state index is 5.34. The second kappa shape index (κ2) is 7.04. The number of hydrogen-bond donors (Lipinski definition) is 0. The van der Waals surface area contributed by atoms with Crippen LogP contribution in [0.1, 0.15) is 5.56 Å². The van der Waals surface area contributed by atoms with Gasteiger partial charge in [-0.15, -0.1) is 0 Å². The molecule has 0 spiro atoms. The van der Waals surface area contributed by atoms with Crippen molar-refractivity contribution in [2.24, 2.45) is 0 Å². The Kier molecular flexibility index (Phi) is 5.51. The Morgan fingerprint density at radius 3 is 2.53 bits per heavy atom. The molecule has 3 nitrogen and oxygen atoms in total. The molecule has 0 unspecified atom stereocenters. The lowest BCUT2D eigenvalue weighted by molar-refractivity contribution is -0.00847. The van der Waals surface area contributed by atoms with Crippen LogP contribution >= 0.6 is 0 Å². The van der Waals surface area contributed by atoms with Gasteiger partial charge in [-0.1, -0.05) is 24.8 Å². The van der Waals surface area contributed by atoms with Crippen LogP contribution in [-0.2, 0) is 9.47 Å². The van der Waals surface area contributed by atoms with E-state index in [4.69, 9.17) is 14.2 Å². The predicted octanol–water partition coefficient (Wildman–Crippen LogP) is 2.33. The molecular weight excluding hydrogens is 192 g/mol. The second-order valence-electron chi connectivity index (χ2n) is 2.94. The van der Waals surface area contributed by atoms with Gasteiger partial charge in [-0.3, -0.25) is 0 Å². The van der Waals surface area contributed by atoms with Crippen LogP contribution in [0.25, 0.3) is 6.08 Å². The number of methoxy groups -OCH3 is 1. The van der Waals surface area contributed by atoms with Crippen LogP contribution < -0.4 is 4.74 Å². The minimum absolute atomic E-state index is 0.247. The Bertz CT molecular complexity index is 279. The molecule has 0 aliphatic rings. The molecule has 1 aromatic carbocycles. The molecule has 3 heteroatoms. The van der Waals surface area contributed by atoms with E-state index >= 15 is 0 Å². The van der Waals surface area contributed by atoms with E-state index in [9.17, 15) is 0 Å². The van der Waals surface area contributed by atoms with Crippen molar-refractivity contribution in [3.05, 3.63) is 36.4 Å². The Morgan fingerprint density at radius 1 is 1.20 bits per heavy atom. The Morgan fingerprint density at radius 2 is 1.93 bits per heavy atom. The molecule has 0 aromatic heterocycles. The summed E-state index contributed by atoms with van der Waals surface area (Å²) in [4.78, 5) is 0. The van der Waals surface area contributed by atoms with Gasteiger partial charge in [-0.05, 0) is 17.7 Å². The molecule has 0 heterocycles. The highest BCUT2D eigenvalue weighted by molar-refractivity contribution is 5.48. The fourth-order valence-electron chi connectivity index (χ4n) is 1.01. The average Bonchev–Trinajstić information content (AvgIpc) is 2.30. The Labute approximate surface area is 90.3 Å². The first-order chi connectivity index (χ1) is 7.36. The van der Waals surface area contributed by atoms with Crippen LogP contribution in [0.15, 0.2) is 30.8 Å². The highest BCUT2D eigenvalue weighted by Gasteiger charge is 1.93. The minimum atomic E-state index is 0.247. The van der Waals surface area contributed by atoms with Crippen LogP contribution in [0.5, 0.6) is 5.75 Å². The first-order valence-corrected chi connectivity index (χ1v) is 4.79. The third-order valence-corrected chi connectivity index (χ3v) is 1.86. The molecule has 0 atom stereocenters. The van der Waals surface area contributed by atoms with Gasteiger partial charge in [0.25, 0.3) is 0 Å². The maximum Gasteiger partial charge on any atom is 0.189 e. The van der Waals surface area contributed by atoms with E-state index in [1.54, 1.807) is 13.2 Å². The number of hydrogen-bond acceptors (Lipinski definition) is 3. The molecule has 0 amide bonds. The zero-order valence-corrected chi connectivity index (χ0v) is 8.94. The van der Waals surface area contributed by atoms with Crippen molar-refractivity contribution in [2.75, 3.05) is 27.1 Å². The normalized spacial score (nSPS) is 9.93. The second-order valence-corrected chi connectivity index (χ2v) is 2.94. The first kappa shape index (κ1) is 11.8. The van der Waals surface area contributed by atoms with Gasteiger partial charge >= 0.3 is 0 Å². The van der Waals surface area contributed by atoms with Crippen molar-refractivity contribution < 1.29 is 14.2 Å². The fraction of sp³-hybridized carbons (Fsp3) is 0.333. The summed E-state index contributed by atoms with van der Waals surface area (Å²) in [5, 5.41) is 0. The Hall–Kier alpha value is -1.32. The molecule has 0 fully saturated rings. The summed E-state index contributed by atoms with van der Waals surface area (Å²) < 4.78 is 15.3. The van der Waals surface area contributed by atoms with Crippen molar-refractivity contribution in [3.63, 3.8) is 0 Å². The lowest BCUT2D eigenvalue weighted by Crippen LogP contribution is -2.07. The predicted molar refractivity (Wildman–Crippen MR) is 59.9 cm³/mol. The van der Waals surface area contributed by atoms with Crippen LogP contribution in [0.4, 0.5) is 0 Å². The third kappa shape index (κ3) is 4.63. The van der Waals surface area contributed by atoms with Crippen molar-refractivity contribution in [1.29, 1.82) is 0 Å². The topological polar surface area (TPSA) is 27.7 Å². The molecule has 0 aliphatic carbocycles. The molecule has 0 N–H and O–H groups in total. The van der Waals surface area contributed by atoms with Crippen molar-refractivity contribution in [2.45, 2.75) is 0 Å². The molecule has 0 radical (unpaired) electrons. The summed E-state index contributed by atoms with van der Waals surface area (Å²) in [6.45, 7) is 5.05. The van der Waals surface area contributed by atoms with E-state index in [1.165, 1.54) is 0 Å². The van der Waals surface area contributed by atoms with Crippen LogP contribution in [0.2, 0.25) is 0 Å². The summed E-state index contributed by atoms with van der Waals surface area (Å²) in [5.74, 6) is 0.790. The summed E-state index contributed by atoms with van der Waals surface area (Å²) >= 11 is 0. The summed E-state index contributed by atoms with van der Waals surface area (Å²) in [5.41, 5.74) is 1.07. The zero-order chi connectivity index (χ0) is 10.9. The van der Waals surface area contributed by atoms with E-state index in [1.807, 2.05) is 24.3 Å². The molecule has 0 aliphatic heterocycles. The molecule has 15 heavy (non-hydrogen) atoms.